The Kier molecular flexibility index (Phi) is 5.48. The van der Waals surface area contributed by atoms with E-state index in [-0.39, 0.29) is 11.1 Å². The van der Waals surface area contributed by atoms with E-state index in [0.29, 0.717) is 35.5 Å². The Bertz CT molecular complexity index is 1250. The molecular weight excluding hydrogens is 380 g/mol. The molecule has 0 saturated carbocycles. The first kappa shape index (κ1) is 19.6. The standard InChI is InChI=1S/C24H22N2O4/c1-2-3-8-21-25-22-20(13-14-30-22)23(27)26(21)15-16-9-11-17(12-10-16)18-6-4-5-7-19(18)24(28)29/h4-7,9-14H,2-3,8,15H2,1H3,(H,28,29). The fraction of sp³-hybridized carbons (Fsp3) is 0.208. The number of carbonyl (C=O) groups is 1. The minimum atomic E-state index is -0.957. The molecule has 0 unspecified atom stereocenters. The van der Waals surface area contributed by atoms with Gasteiger partial charge < -0.3 is 9.52 Å². The summed E-state index contributed by atoms with van der Waals surface area (Å²) in [4.78, 5) is 29.0. The molecular formula is C24H22N2O4. The predicted octanol–water partition coefficient (Wildman–Crippen LogP) is 4.75. The Morgan fingerprint density at radius 2 is 1.87 bits per heavy atom. The van der Waals surface area contributed by atoms with E-state index in [1.807, 2.05) is 30.3 Å². The number of hydrogen-bond acceptors (Lipinski definition) is 4. The number of carboxylic acid groups (broad SMARTS) is 1. The van der Waals surface area contributed by atoms with Gasteiger partial charge in [-0.25, -0.2) is 4.79 Å². The van der Waals surface area contributed by atoms with Crippen molar-refractivity contribution in [1.82, 2.24) is 9.55 Å². The first-order chi connectivity index (χ1) is 14.6. The fourth-order valence-electron chi connectivity index (χ4n) is 3.57. The van der Waals surface area contributed by atoms with Crippen LogP contribution in [-0.4, -0.2) is 20.6 Å². The molecule has 6 heteroatoms. The molecule has 4 rings (SSSR count). The highest BCUT2D eigenvalue weighted by Gasteiger charge is 2.14. The van der Waals surface area contributed by atoms with Gasteiger partial charge in [-0.1, -0.05) is 55.8 Å². The average Bonchev–Trinajstić information content (AvgIpc) is 3.24. The number of nitrogens with zero attached hydrogens (tertiary/aromatic N) is 2. The van der Waals surface area contributed by atoms with E-state index in [4.69, 9.17) is 4.42 Å². The summed E-state index contributed by atoms with van der Waals surface area (Å²) in [6, 6.07) is 16.2. The number of carboxylic acids is 1. The van der Waals surface area contributed by atoms with Crippen LogP contribution in [0.2, 0.25) is 0 Å². The van der Waals surface area contributed by atoms with E-state index in [2.05, 4.69) is 11.9 Å². The Balaban J connectivity index is 1.69. The predicted molar refractivity (Wildman–Crippen MR) is 115 cm³/mol. The van der Waals surface area contributed by atoms with Crippen LogP contribution in [0.1, 0.15) is 41.5 Å². The highest BCUT2D eigenvalue weighted by Crippen LogP contribution is 2.24. The molecule has 0 amide bonds. The van der Waals surface area contributed by atoms with Crippen molar-refractivity contribution < 1.29 is 14.3 Å². The lowest BCUT2D eigenvalue weighted by atomic mass is 9.99. The molecule has 30 heavy (non-hydrogen) atoms. The van der Waals surface area contributed by atoms with Crippen LogP contribution in [0.25, 0.3) is 22.2 Å². The molecule has 4 aromatic rings. The number of aryl methyl sites for hydroxylation is 1. The largest absolute Gasteiger partial charge is 0.478 e. The molecule has 0 spiro atoms. The van der Waals surface area contributed by atoms with Gasteiger partial charge in [0.05, 0.1) is 18.4 Å². The maximum absolute atomic E-state index is 13.0. The minimum absolute atomic E-state index is 0.111. The molecule has 0 saturated heterocycles. The molecule has 2 heterocycles. The number of unbranched alkanes of at least 4 members (excludes halogenated alkanes) is 1. The van der Waals surface area contributed by atoms with Crippen LogP contribution in [0.3, 0.4) is 0 Å². The highest BCUT2D eigenvalue weighted by atomic mass is 16.4. The molecule has 0 radical (unpaired) electrons. The zero-order valence-corrected chi connectivity index (χ0v) is 16.7. The highest BCUT2D eigenvalue weighted by molar-refractivity contribution is 5.96. The van der Waals surface area contributed by atoms with E-state index in [1.165, 1.54) is 6.26 Å². The molecule has 0 aliphatic heterocycles. The van der Waals surface area contributed by atoms with Crippen molar-refractivity contribution in [2.45, 2.75) is 32.7 Å². The Hall–Kier alpha value is -3.67. The van der Waals surface area contributed by atoms with Gasteiger partial charge in [0.15, 0.2) is 0 Å². The summed E-state index contributed by atoms with van der Waals surface area (Å²) < 4.78 is 7.05. The monoisotopic (exact) mass is 402 g/mol. The number of aromatic nitrogens is 2. The van der Waals surface area contributed by atoms with Crippen molar-refractivity contribution in [2.24, 2.45) is 0 Å². The van der Waals surface area contributed by atoms with Gasteiger partial charge in [-0.3, -0.25) is 9.36 Å². The van der Waals surface area contributed by atoms with Crippen LogP contribution >= 0.6 is 0 Å². The molecule has 0 bridgehead atoms. The second-order valence-electron chi connectivity index (χ2n) is 7.21. The van der Waals surface area contributed by atoms with E-state index in [1.54, 1.807) is 28.8 Å². The summed E-state index contributed by atoms with van der Waals surface area (Å²) in [7, 11) is 0. The fourth-order valence-corrected chi connectivity index (χ4v) is 3.57. The third kappa shape index (κ3) is 3.76. The molecule has 0 fully saturated rings. The molecule has 0 atom stereocenters. The lowest BCUT2D eigenvalue weighted by Crippen LogP contribution is -2.25. The molecule has 6 nitrogen and oxygen atoms in total. The van der Waals surface area contributed by atoms with Crippen molar-refractivity contribution in [3.63, 3.8) is 0 Å². The van der Waals surface area contributed by atoms with Crippen LogP contribution in [0.5, 0.6) is 0 Å². The molecule has 2 aromatic carbocycles. The third-order valence-corrected chi connectivity index (χ3v) is 5.18. The second kappa shape index (κ2) is 8.37. The summed E-state index contributed by atoms with van der Waals surface area (Å²) in [6.45, 7) is 2.49. The molecule has 2 aromatic heterocycles. The molecule has 0 aliphatic carbocycles. The van der Waals surface area contributed by atoms with Crippen molar-refractivity contribution in [3.05, 3.63) is 88.2 Å². The summed E-state index contributed by atoms with van der Waals surface area (Å²) in [6.07, 6.45) is 4.13. The van der Waals surface area contributed by atoms with Crippen LogP contribution in [0, 0.1) is 0 Å². The van der Waals surface area contributed by atoms with Crippen LogP contribution < -0.4 is 5.56 Å². The van der Waals surface area contributed by atoms with Crippen molar-refractivity contribution in [3.8, 4) is 11.1 Å². The Morgan fingerprint density at radius 1 is 1.10 bits per heavy atom. The second-order valence-corrected chi connectivity index (χ2v) is 7.21. The minimum Gasteiger partial charge on any atom is -0.478 e. The number of hydrogen-bond donors (Lipinski definition) is 1. The van der Waals surface area contributed by atoms with E-state index < -0.39 is 5.97 Å². The van der Waals surface area contributed by atoms with Crippen LogP contribution in [0.15, 0.2) is 70.1 Å². The quantitative estimate of drug-likeness (QED) is 0.482. The van der Waals surface area contributed by atoms with Gasteiger partial charge in [-0.2, -0.15) is 4.98 Å². The van der Waals surface area contributed by atoms with Crippen LogP contribution in [-0.2, 0) is 13.0 Å². The van der Waals surface area contributed by atoms with Crippen LogP contribution in [0.4, 0.5) is 0 Å². The first-order valence-corrected chi connectivity index (χ1v) is 9.97. The summed E-state index contributed by atoms with van der Waals surface area (Å²) in [5, 5.41) is 9.90. The van der Waals surface area contributed by atoms with Gasteiger partial charge in [-0.15, -0.1) is 0 Å². The maximum atomic E-state index is 13.0. The maximum Gasteiger partial charge on any atom is 0.336 e. The molecule has 0 aliphatic rings. The number of aromatic carboxylic acids is 1. The zero-order chi connectivity index (χ0) is 21.1. The SMILES string of the molecule is CCCCc1nc2occc2c(=O)n1Cc1ccc(-c2ccccc2C(=O)O)cc1. The summed E-state index contributed by atoms with van der Waals surface area (Å²) in [5.41, 5.74) is 2.95. The van der Waals surface area contributed by atoms with Gasteiger partial charge in [0, 0.05) is 6.42 Å². The molecule has 1 N–H and O–H groups in total. The van der Waals surface area contributed by atoms with Crippen molar-refractivity contribution >= 4 is 17.1 Å². The number of rotatable bonds is 7. The normalized spacial score (nSPS) is 11.1. The third-order valence-electron chi connectivity index (χ3n) is 5.18. The van der Waals surface area contributed by atoms with E-state index in [9.17, 15) is 14.7 Å². The zero-order valence-electron chi connectivity index (χ0n) is 16.7. The smallest absolute Gasteiger partial charge is 0.336 e. The van der Waals surface area contributed by atoms with Gasteiger partial charge in [0.1, 0.15) is 11.2 Å². The van der Waals surface area contributed by atoms with E-state index in [0.717, 1.165) is 24.0 Å². The average molecular weight is 402 g/mol. The number of benzene rings is 2. The topological polar surface area (TPSA) is 85.3 Å². The van der Waals surface area contributed by atoms with Gasteiger partial charge in [0.25, 0.3) is 5.56 Å². The van der Waals surface area contributed by atoms with Gasteiger partial charge in [0.2, 0.25) is 5.71 Å². The number of furan rings is 1. The lowest BCUT2D eigenvalue weighted by Gasteiger charge is -2.13. The van der Waals surface area contributed by atoms with Crippen molar-refractivity contribution in [2.75, 3.05) is 0 Å². The summed E-state index contributed by atoms with van der Waals surface area (Å²) >= 11 is 0. The summed E-state index contributed by atoms with van der Waals surface area (Å²) in [5.74, 6) is -0.245. The Labute approximate surface area is 173 Å². The van der Waals surface area contributed by atoms with Gasteiger partial charge in [-0.05, 0) is 35.2 Å². The van der Waals surface area contributed by atoms with Crippen molar-refractivity contribution in [1.29, 1.82) is 0 Å². The van der Waals surface area contributed by atoms with E-state index >= 15 is 0 Å². The van der Waals surface area contributed by atoms with Gasteiger partial charge >= 0.3 is 5.97 Å². The first-order valence-electron chi connectivity index (χ1n) is 9.97. The number of fused-ring (bicyclic) bond motifs is 1. The molecule has 152 valence electrons. The Morgan fingerprint density at radius 3 is 2.60 bits per heavy atom. The lowest BCUT2D eigenvalue weighted by molar-refractivity contribution is 0.0697.